The summed E-state index contributed by atoms with van der Waals surface area (Å²) in [5.74, 6) is -1.26. The van der Waals surface area contributed by atoms with E-state index in [1.54, 1.807) is 26.8 Å². The summed E-state index contributed by atoms with van der Waals surface area (Å²) >= 11 is 0. The fourth-order valence-corrected chi connectivity index (χ4v) is 2.33. The number of ether oxygens (including phenoxy) is 1. The molecule has 0 atom stereocenters. The molecule has 0 aliphatic carbocycles. The Hall–Kier alpha value is -1.91. The molecule has 5 heteroatoms. The molecular formula is C17H21F2NO2. The van der Waals surface area contributed by atoms with Gasteiger partial charge >= 0.3 is 6.09 Å². The smallest absolute Gasteiger partial charge is 0.414 e. The van der Waals surface area contributed by atoms with Crippen LogP contribution in [0.25, 0.3) is 6.08 Å². The molecule has 120 valence electrons. The predicted octanol–water partition coefficient (Wildman–Crippen LogP) is 4.73. The van der Waals surface area contributed by atoms with Crippen molar-refractivity contribution in [1.29, 1.82) is 0 Å². The number of likely N-dealkylation sites (tertiary alicyclic amines) is 1. The van der Waals surface area contributed by atoms with Gasteiger partial charge in [-0.3, -0.25) is 4.90 Å². The highest BCUT2D eigenvalue weighted by Gasteiger charge is 2.26. The molecule has 1 saturated heterocycles. The Bertz CT molecular complexity index is 591. The fraction of sp³-hybridized carbons (Fsp3) is 0.471. The van der Waals surface area contributed by atoms with Crippen LogP contribution in [0, 0.1) is 11.6 Å². The molecule has 0 bridgehead atoms. The molecule has 2 rings (SSSR count). The first-order valence-corrected chi connectivity index (χ1v) is 7.42. The number of piperidine rings is 1. The lowest BCUT2D eigenvalue weighted by Crippen LogP contribution is -2.38. The van der Waals surface area contributed by atoms with E-state index in [0.717, 1.165) is 18.9 Å². The van der Waals surface area contributed by atoms with E-state index in [0.29, 0.717) is 18.7 Å². The third-order valence-electron chi connectivity index (χ3n) is 3.31. The Balaban J connectivity index is 2.25. The zero-order valence-electron chi connectivity index (χ0n) is 13.2. The van der Waals surface area contributed by atoms with Crippen molar-refractivity contribution in [2.75, 3.05) is 6.54 Å². The van der Waals surface area contributed by atoms with E-state index in [-0.39, 0.29) is 5.56 Å². The SMILES string of the molecule is CC(C)(C)OC(=O)N1CCCCC1=Cc1ccc(F)cc1F. The van der Waals surface area contributed by atoms with Gasteiger partial charge in [-0.2, -0.15) is 0 Å². The molecule has 22 heavy (non-hydrogen) atoms. The van der Waals surface area contributed by atoms with Crippen LogP contribution in [0.15, 0.2) is 23.9 Å². The van der Waals surface area contributed by atoms with Crippen LogP contribution in [0.4, 0.5) is 13.6 Å². The maximum atomic E-state index is 13.8. The second kappa shape index (κ2) is 6.46. The zero-order chi connectivity index (χ0) is 16.3. The van der Waals surface area contributed by atoms with Crippen molar-refractivity contribution in [3.63, 3.8) is 0 Å². The van der Waals surface area contributed by atoms with Crippen LogP contribution < -0.4 is 0 Å². The zero-order valence-corrected chi connectivity index (χ0v) is 13.2. The highest BCUT2D eigenvalue weighted by atomic mass is 19.1. The van der Waals surface area contributed by atoms with E-state index in [9.17, 15) is 13.6 Å². The minimum atomic E-state index is -0.637. The lowest BCUT2D eigenvalue weighted by atomic mass is 10.0. The molecule has 0 radical (unpaired) electrons. The average molecular weight is 309 g/mol. The highest BCUT2D eigenvalue weighted by molar-refractivity contribution is 5.73. The summed E-state index contributed by atoms with van der Waals surface area (Å²) in [7, 11) is 0. The summed E-state index contributed by atoms with van der Waals surface area (Å²) in [6.45, 7) is 5.96. The van der Waals surface area contributed by atoms with E-state index in [4.69, 9.17) is 4.74 Å². The standard InChI is InChI=1S/C17H21F2NO2/c1-17(2,3)22-16(21)20-9-5-4-6-14(20)10-12-7-8-13(18)11-15(12)19/h7-8,10-11H,4-6,9H2,1-3H3. The van der Waals surface area contributed by atoms with Crippen molar-refractivity contribution < 1.29 is 18.3 Å². The molecule has 1 heterocycles. The number of allylic oxidation sites excluding steroid dienone is 1. The van der Waals surface area contributed by atoms with Crippen LogP contribution in [0.3, 0.4) is 0 Å². The second-order valence-electron chi connectivity index (χ2n) is 6.39. The molecule has 1 aliphatic heterocycles. The number of hydrogen-bond donors (Lipinski definition) is 0. The number of nitrogens with zero attached hydrogens (tertiary/aromatic N) is 1. The lowest BCUT2D eigenvalue weighted by molar-refractivity contribution is 0.0289. The van der Waals surface area contributed by atoms with Crippen molar-refractivity contribution in [3.05, 3.63) is 41.1 Å². The Morgan fingerprint density at radius 1 is 1.27 bits per heavy atom. The third-order valence-corrected chi connectivity index (χ3v) is 3.31. The van der Waals surface area contributed by atoms with Gasteiger partial charge in [0.1, 0.15) is 17.2 Å². The number of amides is 1. The molecule has 0 aromatic heterocycles. The van der Waals surface area contributed by atoms with Crippen molar-refractivity contribution in [1.82, 2.24) is 4.90 Å². The molecule has 0 unspecified atom stereocenters. The van der Waals surface area contributed by atoms with Crippen molar-refractivity contribution in [2.24, 2.45) is 0 Å². The van der Waals surface area contributed by atoms with Gasteiger partial charge in [-0.15, -0.1) is 0 Å². The van der Waals surface area contributed by atoms with E-state index >= 15 is 0 Å². The maximum Gasteiger partial charge on any atom is 0.414 e. The van der Waals surface area contributed by atoms with E-state index in [1.807, 2.05) is 0 Å². The first kappa shape index (κ1) is 16.5. The largest absolute Gasteiger partial charge is 0.443 e. The molecule has 0 spiro atoms. The third kappa shape index (κ3) is 4.29. The van der Waals surface area contributed by atoms with Gasteiger partial charge in [-0.25, -0.2) is 13.6 Å². The molecule has 3 nitrogen and oxygen atoms in total. The molecule has 1 fully saturated rings. The molecule has 1 aromatic carbocycles. The van der Waals surface area contributed by atoms with Gasteiger partial charge < -0.3 is 4.74 Å². The number of halogens is 2. The average Bonchev–Trinajstić information content (AvgIpc) is 2.40. The van der Waals surface area contributed by atoms with Crippen LogP contribution in [-0.4, -0.2) is 23.1 Å². The minimum Gasteiger partial charge on any atom is -0.443 e. The van der Waals surface area contributed by atoms with Crippen LogP contribution in [0.1, 0.15) is 45.6 Å². The summed E-state index contributed by atoms with van der Waals surface area (Å²) < 4.78 is 32.1. The number of benzene rings is 1. The van der Waals surface area contributed by atoms with Gasteiger partial charge in [0.05, 0.1) is 0 Å². The molecule has 1 aliphatic rings. The number of carbonyl (C=O) groups excluding carboxylic acids is 1. The Morgan fingerprint density at radius 3 is 2.64 bits per heavy atom. The lowest BCUT2D eigenvalue weighted by Gasteiger charge is -2.32. The number of rotatable bonds is 1. The summed E-state index contributed by atoms with van der Waals surface area (Å²) in [6, 6.07) is 3.42. The van der Waals surface area contributed by atoms with Crippen LogP contribution in [0.2, 0.25) is 0 Å². The van der Waals surface area contributed by atoms with E-state index in [2.05, 4.69) is 0 Å². The first-order valence-electron chi connectivity index (χ1n) is 7.42. The van der Waals surface area contributed by atoms with Gasteiger partial charge in [0.2, 0.25) is 0 Å². The Kier molecular flexibility index (Phi) is 4.84. The summed E-state index contributed by atoms with van der Waals surface area (Å²) in [4.78, 5) is 13.8. The summed E-state index contributed by atoms with van der Waals surface area (Å²) in [5, 5.41) is 0. The number of hydrogen-bond acceptors (Lipinski definition) is 2. The van der Waals surface area contributed by atoms with Crippen LogP contribution in [0.5, 0.6) is 0 Å². The summed E-state index contributed by atoms with van der Waals surface area (Å²) in [5.41, 5.74) is 0.388. The van der Waals surface area contributed by atoms with Crippen LogP contribution in [-0.2, 0) is 4.74 Å². The van der Waals surface area contributed by atoms with Crippen molar-refractivity contribution in [3.8, 4) is 0 Å². The molecule has 0 N–H and O–H groups in total. The predicted molar refractivity (Wildman–Crippen MR) is 81.1 cm³/mol. The topological polar surface area (TPSA) is 29.5 Å². The Labute approximate surface area is 129 Å². The van der Waals surface area contributed by atoms with E-state index in [1.165, 1.54) is 17.0 Å². The van der Waals surface area contributed by atoms with Gasteiger partial charge in [-0.1, -0.05) is 0 Å². The maximum absolute atomic E-state index is 13.8. The highest BCUT2D eigenvalue weighted by Crippen LogP contribution is 2.26. The van der Waals surface area contributed by atoms with Gasteiger partial charge in [0.15, 0.2) is 0 Å². The summed E-state index contributed by atoms with van der Waals surface area (Å²) in [6.07, 6.45) is 3.63. The molecule has 0 saturated carbocycles. The first-order chi connectivity index (χ1) is 10.3. The molecule has 1 aromatic rings. The quantitative estimate of drug-likeness (QED) is 0.751. The van der Waals surface area contributed by atoms with Crippen LogP contribution >= 0.6 is 0 Å². The normalized spacial score (nSPS) is 17.7. The molecule has 1 amide bonds. The number of carbonyl (C=O) groups is 1. The Morgan fingerprint density at radius 2 is 2.00 bits per heavy atom. The molecular weight excluding hydrogens is 288 g/mol. The van der Waals surface area contributed by atoms with Crippen molar-refractivity contribution in [2.45, 2.75) is 45.6 Å². The van der Waals surface area contributed by atoms with Crippen molar-refractivity contribution >= 4 is 12.2 Å². The second-order valence-corrected chi connectivity index (χ2v) is 6.39. The minimum absolute atomic E-state index is 0.270. The van der Waals surface area contributed by atoms with Gasteiger partial charge in [0, 0.05) is 23.9 Å². The monoisotopic (exact) mass is 309 g/mol. The van der Waals surface area contributed by atoms with Gasteiger partial charge in [0.25, 0.3) is 0 Å². The van der Waals surface area contributed by atoms with Gasteiger partial charge in [-0.05, 0) is 58.2 Å². The fourth-order valence-electron chi connectivity index (χ4n) is 2.33. The van der Waals surface area contributed by atoms with E-state index < -0.39 is 23.3 Å².